The molecule has 0 radical (unpaired) electrons. The minimum absolute atomic E-state index is 0.00159. The fourth-order valence-electron chi connectivity index (χ4n) is 3.10. The summed E-state index contributed by atoms with van der Waals surface area (Å²) in [5.74, 6) is 7.22. The van der Waals surface area contributed by atoms with Crippen molar-refractivity contribution in [2.24, 2.45) is 23.6 Å². The van der Waals surface area contributed by atoms with Crippen LogP contribution in [0.2, 0.25) is 5.02 Å². The van der Waals surface area contributed by atoms with Crippen LogP contribution in [0.15, 0.2) is 18.2 Å². The monoisotopic (exact) mass is 284 g/mol. The van der Waals surface area contributed by atoms with Gasteiger partial charge in [-0.3, -0.25) is 11.3 Å². The van der Waals surface area contributed by atoms with E-state index in [4.69, 9.17) is 17.4 Å². The number of hydrazine groups is 1. The number of halogens is 2. The van der Waals surface area contributed by atoms with Crippen LogP contribution in [-0.4, -0.2) is 0 Å². The Labute approximate surface area is 119 Å². The van der Waals surface area contributed by atoms with Gasteiger partial charge in [-0.2, -0.15) is 0 Å². The lowest BCUT2D eigenvalue weighted by Crippen LogP contribution is -2.37. The van der Waals surface area contributed by atoms with Gasteiger partial charge in [0.05, 0.1) is 5.02 Å². The van der Waals surface area contributed by atoms with E-state index in [0.29, 0.717) is 11.8 Å². The van der Waals surface area contributed by atoms with Gasteiger partial charge in [0.2, 0.25) is 0 Å². The molecule has 1 aliphatic carbocycles. The van der Waals surface area contributed by atoms with Crippen molar-refractivity contribution in [1.82, 2.24) is 5.43 Å². The molecule has 4 heteroatoms. The summed E-state index contributed by atoms with van der Waals surface area (Å²) in [7, 11) is 0. The second-order valence-electron chi connectivity index (χ2n) is 5.85. The van der Waals surface area contributed by atoms with Crippen LogP contribution in [0.1, 0.15) is 44.7 Å². The Bertz CT molecular complexity index is 438. The number of rotatable bonds is 3. The van der Waals surface area contributed by atoms with Crippen LogP contribution in [0.3, 0.4) is 0 Å². The molecule has 0 spiro atoms. The number of benzene rings is 1. The van der Waals surface area contributed by atoms with E-state index in [0.717, 1.165) is 24.3 Å². The SMILES string of the molecule is CC1CCC(C(NN)c2ccc(Cl)c(F)c2)CC1C. The van der Waals surface area contributed by atoms with Crippen molar-refractivity contribution >= 4 is 11.6 Å². The Morgan fingerprint density at radius 2 is 2.05 bits per heavy atom. The molecule has 2 rings (SSSR count). The molecule has 4 atom stereocenters. The van der Waals surface area contributed by atoms with Crippen molar-refractivity contribution in [3.8, 4) is 0 Å². The van der Waals surface area contributed by atoms with Crippen LogP contribution in [0.4, 0.5) is 4.39 Å². The lowest BCUT2D eigenvalue weighted by atomic mass is 9.72. The summed E-state index contributed by atoms with van der Waals surface area (Å²) in [6.45, 7) is 4.58. The highest BCUT2D eigenvalue weighted by Crippen LogP contribution is 2.39. The molecule has 3 N–H and O–H groups in total. The van der Waals surface area contributed by atoms with Crippen molar-refractivity contribution < 1.29 is 4.39 Å². The fraction of sp³-hybridized carbons (Fsp3) is 0.600. The minimum Gasteiger partial charge on any atom is -0.271 e. The molecular weight excluding hydrogens is 263 g/mol. The van der Waals surface area contributed by atoms with Crippen LogP contribution in [0.25, 0.3) is 0 Å². The van der Waals surface area contributed by atoms with Gasteiger partial charge in [-0.1, -0.05) is 37.9 Å². The quantitative estimate of drug-likeness (QED) is 0.649. The molecule has 4 unspecified atom stereocenters. The van der Waals surface area contributed by atoms with Crippen molar-refractivity contribution in [2.75, 3.05) is 0 Å². The molecular formula is C15H22ClFN2. The predicted molar refractivity (Wildman–Crippen MR) is 77.1 cm³/mol. The van der Waals surface area contributed by atoms with Crippen molar-refractivity contribution in [3.63, 3.8) is 0 Å². The summed E-state index contributed by atoms with van der Waals surface area (Å²) in [6.07, 6.45) is 3.46. The molecule has 0 amide bonds. The number of nitrogens with two attached hydrogens (primary N) is 1. The Balaban J connectivity index is 2.17. The highest BCUT2D eigenvalue weighted by atomic mass is 35.5. The molecule has 106 valence electrons. The van der Waals surface area contributed by atoms with E-state index in [1.807, 2.05) is 6.07 Å². The first kappa shape index (κ1) is 14.8. The molecule has 1 aromatic carbocycles. The van der Waals surface area contributed by atoms with Gasteiger partial charge in [0, 0.05) is 6.04 Å². The predicted octanol–water partition coefficient (Wildman–Crippen LogP) is 4.06. The lowest BCUT2D eigenvalue weighted by Gasteiger charge is -2.36. The van der Waals surface area contributed by atoms with E-state index in [1.165, 1.54) is 12.5 Å². The standard InChI is InChI=1S/C15H22ClFN2/c1-9-3-4-11(7-10(9)2)15(19-18)12-5-6-13(16)14(17)8-12/h5-6,8-11,15,19H,3-4,7,18H2,1-2H3. The maximum atomic E-state index is 13.6. The van der Waals surface area contributed by atoms with Gasteiger partial charge in [-0.05, 0) is 48.3 Å². The zero-order valence-electron chi connectivity index (χ0n) is 11.5. The fourth-order valence-corrected chi connectivity index (χ4v) is 3.22. The summed E-state index contributed by atoms with van der Waals surface area (Å²) in [5.41, 5.74) is 3.75. The van der Waals surface area contributed by atoms with E-state index >= 15 is 0 Å². The third kappa shape index (κ3) is 3.28. The highest BCUT2D eigenvalue weighted by Gasteiger charge is 2.30. The van der Waals surface area contributed by atoms with Crippen molar-refractivity contribution in [1.29, 1.82) is 0 Å². The molecule has 2 nitrogen and oxygen atoms in total. The number of nitrogens with one attached hydrogen (secondary N) is 1. The van der Waals surface area contributed by atoms with E-state index in [-0.39, 0.29) is 16.9 Å². The molecule has 1 fully saturated rings. The normalized spacial score (nSPS) is 29.2. The van der Waals surface area contributed by atoms with Crippen LogP contribution in [0.5, 0.6) is 0 Å². The van der Waals surface area contributed by atoms with Crippen LogP contribution in [0, 0.1) is 23.6 Å². The minimum atomic E-state index is -0.378. The van der Waals surface area contributed by atoms with E-state index < -0.39 is 0 Å². The highest BCUT2D eigenvalue weighted by molar-refractivity contribution is 6.30. The first-order valence-corrected chi connectivity index (χ1v) is 7.31. The Morgan fingerprint density at radius 3 is 2.63 bits per heavy atom. The topological polar surface area (TPSA) is 38.0 Å². The zero-order chi connectivity index (χ0) is 14.0. The largest absolute Gasteiger partial charge is 0.271 e. The summed E-state index contributed by atoms with van der Waals surface area (Å²) in [5, 5.41) is 0.158. The van der Waals surface area contributed by atoms with Crippen molar-refractivity contribution in [3.05, 3.63) is 34.6 Å². The first-order chi connectivity index (χ1) is 9.02. The molecule has 1 saturated carbocycles. The molecule has 1 aromatic rings. The Morgan fingerprint density at radius 1 is 1.32 bits per heavy atom. The maximum Gasteiger partial charge on any atom is 0.142 e. The van der Waals surface area contributed by atoms with E-state index in [1.54, 1.807) is 6.07 Å². The Kier molecular flexibility index (Phi) is 4.82. The molecule has 1 aliphatic rings. The molecule has 0 heterocycles. The smallest absolute Gasteiger partial charge is 0.142 e. The first-order valence-electron chi connectivity index (χ1n) is 6.94. The molecule has 0 bridgehead atoms. The summed E-state index contributed by atoms with van der Waals surface area (Å²) < 4.78 is 13.6. The van der Waals surface area contributed by atoms with Gasteiger partial charge in [-0.25, -0.2) is 4.39 Å². The number of hydrogen-bond donors (Lipinski definition) is 2. The van der Waals surface area contributed by atoms with Crippen LogP contribution >= 0.6 is 11.6 Å². The molecule has 0 saturated heterocycles. The Hall–Kier alpha value is -0.640. The van der Waals surface area contributed by atoms with Gasteiger partial charge in [-0.15, -0.1) is 0 Å². The zero-order valence-corrected chi connectivity index (χ0v) is 12.3. The summed E-state index contributed by atoms with van der Waals surface area (Å²) in [4.78, 5) is 0. The third-order valence-corrected chi connectivity index (χ3v) is 4.90. The molecule has 0 aliphatic heterocycles. The average Bonchev–Trinajstić information content (AvgIpc) is 2.39. The van der Waals surface area contributed by atoms with Crippen molar-refractivity contribution in [2.45, 2.75) is 39.2 Å². The number of hydrogen-bond acceptors (Lipinski definition) is 2. The van der Waals surface area contributed by atoms with Gasteiger partial charge >= 0.3 is 0 Å². The van der Waals surface area contributed by atoms with Crippen LogP contribution < -0.4 is 11.3 Å². The van der Waals surface area contributed by atoms with Crippen LogP contribution in [-0.2, 0) is 0 Å². The van der Waals surface area contributed by atoms with Gasteiger partial charge in [0.1, 0.15) is 5.82 Å². The maximum absolute atomic E-state index is 13.6. The van der Waals surface area contributed by atoms with Gasteiger partial charge < -0.3 is 0 Å². The third-order valence-electron chi connectivity index (χ3n) is 4.59. The summed E-state index contributed by atoms with van der Waals surface area (Å²) in [6, 6.07) is 4.96. The average molecular weight is 285 g/mol. The summed E-state index contributed by atoms with van der Waals surface area (Å²) >= 11 is 5.73. The lowest BCUT2D eigenvalue weighted by molar-refractivity contribution is 0.171. The second kappa shape index (κ2) is 6.21. The second-order valence-corrected chi connectivity index (χ2v) is 6.25. The van der Waals surface area contributed by atoms with E-state index in [9.17, 15) is 4.39 Å². The van der Waals surface area contributed by atoms with Gasteiger partial charge in [0.25, 0.3) is 0 Å². The molecule has 0 aromatic heterocycles. The van der Waals surface area contributed by atoms with E-state index in [2.05, 4.69) is 19.3 Å². The molecule has 19 heavy (non-hydrogen) atoms. The van der Waals surface area contributed by atoms with Gasteiger partial charge in [0.15, 0.2) is 0 Å².